The fourth-order valence-electron chi connectivity index (χ4n) is 1.44. The van der Waals surface area contributed by atoms with E-state index in [1.165, 1.54) is 7.11 Å². The number of methoxy groups -OCH3 is 1. The third kappa shape index (κ3) is 5.04. The average Bonchev–Trinajstić information content (AvgIpc) is 2.47. The van der Waals surface area contributed by atoms with Crippen LogP contribution in [0.25, 0.3) is 0 Å². The van der Waals surface area contributed by atoms with Gasteiger partial charge in [-0.15, -0.1) is 0 Å². The van der Waals surface area contributed by atoms with Crippen LogP contribution in [0.2, 0.25) is 5.28 Å². The van der Waals surface area contributed by atoms with Crippen molar-refractivity contribution >= 4 is 45.1 Å². The number of aromatic nitrogens is 3. The lowest BCUT2D eigenvalue weighted by molar-refractivity contribution is -0.136. The predicted octanol–water partition coefficient (Wildman–Crippen LogP) is 3.36. The number of ether oxygens (including phenoxy) is 2. The third-order valence-corrected chi connectivity index (χ3v) is 3.07. The molecule has 9 heteroatoms. The van der Waals surface area contributed by atoms with Gasteiger partial charge in [-0.05, 0) is 49.7 Å². The number of hydrogen-bond donors (Lipinski definition) is 1. The molecule has 0 aliphatic rings. The van der Waals surface area contributed by atoms with Gasteiger partial charge in [0.1, 0.15) is 10.1 Å². The summed E-state index contributed by atoms with van der Waals surface area (Å²) in [5, 5.41) is 2.97. The normalized spacial score (nSPS) is 11.0. The number of nitrogens with zero attached hydrogens (tertiary/aromatic N) is 3. The summed E-state index contributed by atoms with van der Waals surface area (Å²) in [5.41, 5.74) is 0.687. The molecule has 0 bridgehead atoms. The highest BCUT2D eigenvalue weighted by Crippen LogP contribution is 2.23. The van der Waals surface area contributed by atoms with Crippen LogP contribution >= 0.6 is 27.5 Å². The Morgan fingerprint density at radius 2 is 1.87 bits per heavy atom. The zero-order valence-electron chi connectivity index (χ0n) is 12.6. The molecule has 0 radical (unpaired) electrons. The van der Waals surface area contributed by atoms with Crippen LogP contribution in [0.1, 0.15) is 13.8 Å². The number of halogens is 2. The molecule has 1 aromatic carbocycles. The highest BCUT2D eigenvalue weighted by atomic mass is 79.9. The minimum absolute atomic E-state index is 0.0180. The summed E-state index contributed by atoms with van der Waals surface area (Å²) < 4.78 is 9.42. The number of esters is 1. The number of benzene rings is 1. The van der Waals surface area contributed by atoms with Gasteiger partial charge in [-0.25, -0.2) is 0 Å². The summed E-state index contributed by atoms with van der Waals surface area (Å²) in [6, 6.07) is 6.85. The molecular formula is C14H14BrClN4O3. The van der Waals surface area contributed by atoms with E-state index in [0.29, 0.717) is 11.4 Å². The first-order chi connectivity index (χ1) is 10.8. The maximum absolute atomic E-state index is 11.8. The van der Waals surface area contributed by atoms with Gasteiger partial charge in [-0.1, -0.05) is 15.9 Å². The lowest BCUT2D eigenvalue weighted by Gasteiger charge is -2.14. The quantitative estimate of drug-likeness (QED) is 0.467. The second-order valence-electron chi connectivity index (χ2n) is 4.93. The van der Waals surface area contributed by atoms with Gasteiger partial charge in [0.2, 0.25) is 11.2 Å². The van der Waals surface area contributed by atoms with Crippen LogP contribution in [0.5, 0.6) is 11.8 Å². The number of hydrogen-bond acceptors (Lipinski definition) is 7. The van der Waals surface area contributed by atoms with Crippen molar-refractivity contribution in [2.75, 3.05) is 12.4 Å². The van der Waals surface area contributed by atoms with Gasteiger partial charge in [0.05, 0.1) is 7.11 Å². The van der Waals surface area contributed by atoms with Crippen molar-refractivity contribution in [2.45, 2.75) is 18.2 Å². The molecule has 1 N–H and O–H groups in total. The van der Waals surface area contributed by atoms with E-state index in [-0.39, 0.29) is 23.2 Å². The van der Waals surface area contributed by atoms with Crippen LogP contribution in [0, 0.1) is 0 Å². The summed E-state index contributed by atoms with van der Waals surface area (Å²) in [7, 11) is 1.43. The molecule has 1 heterocycles. The SMILES string of the molecule is COc1nc(Cl)nc(Nc2ccc(OC(=O)C(C)(C)Br)cc2)n1. The van der Waals surface area contributed by atoms with E-state index in [0.717, 1.165) is 0 Å². The predicted molar refractivity (Wildman–Crippen MR) is 89.8 cm³/mol. The van der Waals surface area contributed by atoms with Gasteiger partial charge < -0.3 is 14.8 Å². The van der Waals surface area contributed by atoms with Crippen molar-refractivity contribution < 1.29 is 14.3 Å². The van der Waals surface area contributed by atoms with E-state index in [9.17, 15) is 4.79 Å². The van der Waals surface area contributed by atoms with Gasteiger partial charge in [0, 0.05) is 5.69 Å². The number of anilines is 2. The molecule has 2 rings (SSSR count). The van der Waals surface area contributed by atoms with E-state index in [1.54, 1.807) is 38.1 Å². The van der Waals surface area contributed by atoms with Crippen molar-refractivity contribution in [1.29, 1.82) is 0 Å². The van der Waals surface area contributed by atoms with Crippen molar-refractivity contribution in [1.82, 2.24) is 15.0 Å². The van der Waals surface area contributed by atoms with Crippen LogP contribution in [0.3, 0.4) is 0 Å². The van der Waals surface area contributed by atoms with Gasteiger partial charge in [-0.3, -0.25) is 4.79 Å². The Morgan fingerprint density at radius 3 is 2.43 bits per heavy atom. The van der Waals surface area contributed by atoms with Crippen molar-refractivity contribution in [2.24, 2.45) is 0 Å². The van der Waals surface area contributed by atoms with E-state index < -0.39 is 4.32 Å². The van der Waals surface area contributed by atoms with Crippen molar-refractivity contribution in [3.8, 4) is 11.8 Å². The van der Waals surface area contributed by atoms with Crippen molar-refractivity contribution in [3.63, 3.8) is 0 Å². The Balaban J connectivity index is 2.08. The fourth-order valence-corrected chi connectivity index (χ4v) is 1.68. The summed E-state index contributed by atoms with van der Waals surface area (Å²) in [6.07, 6.45) is 0. The summed E-state index contributed by atoms with van der Waals surface area (Å²) in [5.74, 6) is 0.291. The van der Waals surface area contributed by atoms with Gasteiger partial charge in [0.25, 0.3) is 0 Å². The van der Waals surface area contributed by atoms with E-state index >= 15 is 0 Å². The maximum atomic E-state index is 11.8. The average molecular weight is 402 g/mol. The number of alkyl halides is 1. The Labute approximate surface area is 146 Å². The molecule has 7 nitrogen and oxygen atoms in total. The third-order valence-electron chi connectivity index (χ3n) is 2.58. The Morgan fingerprint density at radius 1 is 1.22 bits per heavy atom. The van der Waals surface area contributed by atoms with Gasteiger partial charge in [-0.2, -0.15) is 15.0 Å². The molecule has 0 saturated carbocycles. The van der Waals surface area contributed by atoms with E-state index in [4.69, 9.17) is 21.1 Å². The molecule has 122 valence electrons. The summed E-state index contributed by atoms with van der Waals surface area (Å²) in [6.45, 7) is 3.42. The molecule has 0 aliphatic carbocycles. The van der Waals surface area contributed by atoms with Crippen LogP contribution in [-0.2, 0) is 4.79 Å². The largest absolute Gasteiger partial charge is 0.467 e. The molecule has 0 unspecified atom stereocenters. The Bertz CT molecular complexity index is 704. The van der Waals surface area contributed by atoms with Crippen LogP contribution in [0.15, 0.2) is 24.3 Å². The highest BCUT2D eigenvalue weighted by Gasteiger charge is 2.25. The maximum Gasteiger partial charge on any atom is 0.327 e. The zero-order chi connectivity index (χ0) is 17.0. The molecule has 0 amide bonds. The Kier molecular flexibility index (Phi) is 5.38. The second-order valence-corrected chi connectivity index (χ2v) is 7.25. The van der Waals surface area contributed by atoms with Crippen molar-refractivity contribution in [3.05, 3.63) is 29.5 Å². The topological polar surface area (TPSA) is 86.2 Å². The van der Waals surface area contributed by atoms with Gasteiger partial charge in [0.15, 0.2) is 0 Å². The lowest BCUT2D eigenvalue weighted by Crippen LogP contribution is -2.29. The highest BCUT2D eigenvalue weighted by molar-refractivity contribution is 9.10. The molecule has 0 spiro atoms. The number of carbonyl (C=O) groups excluding carboxylic acids is 1. The monoisotopic (exact) mass is 400 g/mol. The standard InChI is InChI=1S/C14H14BrClN4O3/c1-14(2,15)10(21)23-9-6-4-8(5-7-9)17-12-18-11(16)19-13(20-12)22-3/h4-7H,1-3H3,(H,17,18,19,20). The number of nitrogens with one attached hydrogen (secondary N) is 1. The van der Waals surface area contributed by atoms with Crippen LogP contribution in [-0.4, -0.2) is 32.4 Å². The molecule has 0 fully saturated rings. The molecular weight excluding hydrogens is 388 g/mol. The minimum Gasteiger partial charge on any atom is -0.467 e. The van der Waals surface area contributed by atoms with Gasteiger partial charge >= 0.3 is 12.0 Å². The molecule has 0 aliphatic heterocycles. The van der Waals surface area contributed by atoms with E-state index in [2.05, 4.69) is 36.2 Å². The summed E-state index contributed by atoms with van der Waals surface area (Å²) in [4.78, 5) is 23.5. The smallest absolute Gasteiger partial charge is 0.327 e. The fraction of sp³-hybridized carbons (Fsp3) is 0.286. The lowest BCUT2D eigenvalue weighted by atomic mass is 10.2. The molecule has 23 heavy (non-hydrogen) atoms. The molecule has 2 aromatic rings. The van der Waals surface area contributed by atoms with Crippen LogP contribution < -0.4 is 14.8 Å². The first kappa shape index (κ1) is 17.4. The first-order valence-corrected chi connectivity index (χ1v) is 7.69. The molecule has 0 saturated heterocycles. The minimum atomic E-state index is -0.748. The Hall–Kier alpha value is -1.93. The van der Waals surface area contributed by atoms with E-state index in [1.807, 2.05) is 0 Å². The molecule has 1 aromatic heterocycles. The number of rotatable bonds is 5. The number of carbonyl (C=O) groups is 1. The molecule has 0 atom stereocenters. The summed E-state index contributed by atoms with van der Waals surface area (Å²) >= 11 is 9.02. The zero-order valence-corrected chi connectivity index (χ0v) is 15.0. The second kappa shape index (κ2) is 7.10. The first-order valence-electron chi connectivity index (χ1n) is 6.52. The van der Waals surface area contributed by atoms with Crippen LogP contribution in [0.4, 0.5) is 11.6 Å².